The van der Waals surface area contributed by atoms with Crippen molar-refractivity contribution in [1.29, 1.82) is 0 Å². The predicted molar refractivity (Wildman–Crippen MR) is 71.5 cm³/mol. The van der Waals surface area contributed by atoms with E-state index in [-0.39, 0.29) is 10.0 Å². The maximum absolute atomic E-state index is 13.5. The van der Waals surface area contributed by atoms with Gasteiger partial charge in [-0.2, -0.15) is 13.2 Å². The lowest BCUT2D eigenvalue weighted by Gasteiger charge is -2.16. The molecule has 0 saturated carbocycles. The third-order valence-electron chi connectivity index (χ3n) is 2.97. The monoisotopic (exact) mass is 365 g/mol. The lowest BCUT2D eigenvalue weighted by atomic mass is 9.98. The van der Waals surface area contributed by atoms with Gasteiger partial charge in [0.15, 0.2) is 0 Å². The van der Waals surface area contributed by atoms with E-state index in [1.54, 1.807) is 0 Å². The maximum Gasteiger partial charge on any atom is 0.419 e. The van der Waals surface area contributed by atoms with Gasteiger partial charge >= 0.3 is 6.18 Å². The molecular formula is C14H9BrF5N. The highest BCUT2D eigenvalue weighted by Crippen LogP contribution is 2.34. The molecule has 1 atom stereocenters. The fraction of sp³-hybridized carbons (Fsp3) is 0.143. The lowest BCUT2D eigenvalue weighted by molar-refractivity contribution is -0.140. The van der Waals surface area contributed by atoms with Crippen LogP contribution in [0.5, 0.6) is 0 Å². The first-order chi connectivity index (χ1) is 9.71. The fourth-order valence-electron chi connectivity index (χ4n) is 1.89. The summed E-state index contributed by atoms with van der Waals surface area (Å²) in [6.07, 6.45) is -4.77. The third-order valence-corrected chi connectivity index (χ3v) is 3.81. The molecule has 0 aliphatic carbocycles. The van der Waals surface area contributed by atoms with Crippen LogP contribution in [0.15, 0.2) is 40.9 Å². The Bertz CT molecular complexity index is 669. The van der Waals surface area contributed by atoms with Gasteiger partial charge in [0.25, 0.3) is 0 Å². The van der Waals surface area contributed by atoms with Crippen LogP contribution < -0.4 is 5.73 Å². The summed E-state index contributed by atoms with van der Waals surface area (Å²) < 4.78 is 64.5. The molecule has 112 valence electrons. The molecule has 0 bridgehead atoms. The van der Waals surface area contributed by atoms with E-state index >= 15 is 0 Å². The topological polar surface area (TPSA) is 26.0 Å². The molecule has 0 fully saturated rings. The molecule has 0 saturated heterocycles. The van der Waals surface area contributed by atoms with Crippen molar-refractivity contribution in [3.8, 4) is 0 Å². The van der Waals surface area contributed by atoms with E-state index in [1.807, 2.05) is 0 Å². The summed E-state index contributed by atoms with van der Waals surface area (Å²) in [5.41, 5.74) is 4.94. The van der Waals surface area contributed by atoms with Crippen molar-refractivity contribution in [3.05, 3.63) is 69.2 Å². The molecule has 0 spiro atoms. The number of rotatable bonds is 2. The first-order valence-corrected chi connectivity index (χ1v) is 6.57. The van der Waals surface area contributed by atoms with Crippen LogP contribution >= 0.6 is 15.9 Å². The molecule has 2 rings (SSSR count). The summed E-state index contributed by atoms with van der Waals surface area (Å²) in [7, 11) is 0. The second-order valence-electron chi connectivity index (χ2n) is 4.36. The molecule has 0 aliphatic rings. The van der Waals surface area contributed by atoms with Gasteiger partial charge in [-0.3, -0.25) is 0 Å². The number of hydrogen-bond donors (Lipinski definition) is 1. The van der Waals surface area contributed by atoms with E-state index in [2.05, 4.69) is 15.9 Å². The highest BCUT2D eigenvalue weighted by molar-refractivity contribution is 9.10. The minimum absolute atomic E-state index is 0.0952. The van der Waals surface area contributed by atoms with Gasteiger partial charge < -0.3 is 5.73 Å². The first-order valence-electron chi connectivity index (χ1n) is 5.78. The fourth-order valence-corrected chi connectivity index (χ4v) is 2.41. The van der Waals surface area contributed by atoms with Crippen molar-refractivity contribution in [2.75, 3.05) is 0 Å². The SMILES string of the molecule is NC(c1ccc(C(F)(F)F)c(F)c1)c1cccc(F)c1Br. The Hall–Kier alpha value is -1.47. The molecule has 7 heteroatoms. The molecule has 1 nitrogen and oxygen atoms in total. The Balaban J connectivity index is 2.43. The average Bonchev–Trinajstić information content (AvgIpc) is 2.39. The number of benzene rings is 2. The van der Waals surface area contributed by atoms with Crippen LogP contribution in [0.25, 0.3) is 0 Å². The Morgan fingerprint density at radius 3 is 2.24 bits per heavy atom. The largest absolute Gasteiger partial charge is 0.419 e. The van der Waals surface area contributed by atoms with Crippen molar-refractivity contribution in [2.45, 2.75) is 12.2 Å². The summed E-state index contributed by atoms with van der Waals surface area (Å²) >= 11 is 3.01. The second-order valence-corrected chi connectivity index (χ2v) is 5.15. The van der Waals surface area contributed by atoms with Crippen LogP contribution in [0.2, 0.25) is 0 Å². The van der Waals surface area contributed by atoms with E-state index in [1.165, 1.54) is 18.2 Å². The summed E-state index contributed by atoms with van der Waals surface area (Å²) in [4.78, 5) is 0. The van der Waals surface area contributed by atoms with Crippen LogP contribution in [-0.2, 0) is 6.18 Å². The van der Waals surface area contributed by atoms with Crippen LogP contribution in [0.3, 0.4) is 0 Å². The molecule has 0 radical (unpaired) electrons. The Morgan fingerprint density at radius 1 is 1.00 bits per heavy atom. The van der Waals surface area contributed by atoms with Gasteiger partial charge in [0.05, 0.1) is 16.1 Å². The van der Waals surface area contributed by atoms with Gasteiger partial charge in [0.2, 0.25) is 0 Å². The summed E-state index contributed by atoms with van der Waals surface area (Å²) in [6, 6.07) is 5.58. The Labute approximate surface area is 125 Å². The molecule has 0 aromatic heterocycles. The van der Waals surface area contributed by atoms with Gasteiger partial charge in [-0.15, -0.1) is 0 Å². The van der Waals surface area contributed by atoms with Crippen molar-refractivity contribution in [2.24, 2.45) is 5.73 Å². The van der Waals surface area contributed by atoms with Crippen molar-refractivity contribution >= 4 is 15.9 Å². The van der Waals surface area contributed by atoms with Crippen LogP contribution in [-0.4, -0.2) is 0 Å². The van der Waals surface area contributed by atoms with E-state index in [9.17, 15) is 22.0 Å². The smallest absolute Gasteiger partial charge is 0.320 e. The normalized spacial score (nSPS) is 13.3. The molecule has 1 unspecified atom stereocenters. The third kappa shape index (κ3) is 3.24. The van der Waals surface area contributed by atoms with Crippen molar-refractivity contribution < 1.29 is 22.0 Å². The second kappa shape index (κ2) is 5.73. The Morgan fingerprint density at radius 2 is 1.67 bits per heavy atom. The lowest BCUT2D eigenvalue weighted by Crippen LogP contribution is -2.15. The van der Waals surface area contributed by atoms with E-state index in [4.69, 9.17) is 5.73 Å². The molecule has 21 heavy (non-hydrogen) atoms. The van der Waals surface area contributed by atoms with Gasteiger partial charge in [-0.1, -0.05) is 18.2 Å². The van der Waals surface area contributed by atoms with E-state index < -0.39 is 29.4 Å². The minimum atomic E-state index is -4.77. The van der Waals surface area contributed by atoms with Gasteiger partial charge in [-0.25, -0.2) is 8.78 Å². The zero-order valence-corrected chi connectivity index (χ0v) is 12.0. The van der Waals surface area contributed by atoms with E-state index in [0.29, 0.717) is 17.7 Å². The first kappa shape index (κ1) is 15.9. The van der Waals surface area contributed by atoms with Crippen molar-refractivity contribution in [1.82, 2.24) is 0 Å². The van der Waals surface area contributed by atoms with Crippen LogP contribution in [0.4, 0.5) is 22.0 Å². The highest BCUT2D eigenvalue weighted by Gasteiger charge is 2.34. The standard InChI is InChI=1S/C14H9BrF5N/c15-12-8(2-1-3-10(12)16)13(21)7-4-5-9(11(17)6-7)14(18,19)20/h1-6,13H,21H2. The highest BCUT2D eigenvalue weighted by atomic mass is 79.9. The van der Waals surface area contributed by atoms with Gasteiger partial charge in [-0.05, 0) is 45.3 Å². The van der Waals surface area contributed by atoms with Gasteiger partial charge in [0.1, 0.15) is 11.6 Å². The van der Waals surface area contributed by atoms with E-state index in [0.717, 1.165) is 6.07 Å². The number of alkyl halides is 3. The predicted octanol–water partition coefficient (Wildman–Crippen LogP) is 4.79. The zero-order chi connectivity index (χ0) is 15.8. The van der Waals surface area contributed by atoms with Gasteiger partial charge in [0, 0.05) is 0 Å². The quantitative estimate of drug-likeness (QED) is 0.760. The van der Waals surface area contributed by atoms with Crippen LogP contribution in [0, 0.1) is 11.6 Å². The van der Waals surface area contributed by atoms with Crippen LogP contribution in [0.1, 0.15) is 22.7 Å². The number of nitrogens with two attached hydrogens (primary N) is 1. The molecule has 2 N–H and O–H groups in total. The number of hydrogen-bond acceptors (Lipinski definition) is 1. The summed E-state index contributed by atoms with van der Waals surface area (Å²) in [5.74, 6) is -1.97. The molecular weight excluding hydrogens is 357 g/mol. The maximum atomic E-state index is 13.5. The zero-order valence-electron chi connectivity index (χ0n) is 10.4. The molecule has 2 aromatic carbocycles. The molecule has 2 aromatic rings. The molecule has 0 aliphatic heterocycles. The number of halogens is 6. The summed E-state index contributed by atoms with van der Waals surface area (Å²) in [6.45, 7) is 0. The summed E-state index contributed by atoms with van der Waals surface area (Å²) in [5, 5.41) is 0. The molecule has 0 amide bonds. The van der Waals surface area contributed by atoms with Crippen molar-refractivity contribution in [3.63, 3.8) is 0 Å². The Kier molecular flexibility index (Phi) is 4.34. The minimum Gasteiger partial charge on any atom is -0.320 e. The average molecular weight is 366 g/mol. The molecule has 0 heterocycles.